The maximum absolute atomic E-state index is 11.9. The topological polar surface area (TPSA) is 98.3 Å². The van der Waals surface area contributed by atoms with Crippen molar-refractivity contribution in [2.45, 2.75) is 6.42 Å². The number of nitrogen functional groups attached to an aromatic ring is 1. The van der Waals surface area contributed by atoms with Crippen LogP contribution in [0.25, 0.3) is 0 Å². The fourth-order valence-corrected chi connectivity index (χ4v) is 2.40. The second-order valence-electron chi connectivity index (χ2n) is 4.17. The van der Waals surface area contributed by atoms with Gasteiger partial charge in [-0.3, -0.25) is 14.9 Å². The number of hydrogen-bond acceptors (Lipinski definition) is 5. The van der Waals surface area contributed by atoms with Crippen molar-refractivity contribution in [3.8, 4) is 0 Å². The smallest absolute Gasteiger partial charge is 0.292 e. The van der Waals surface area contributed by atoms with Crippen LogP contribution in [-0.4, -0.2) is 17.4 Å². The number of thiophene rings is 1. The lowest BCUT2D eigenvalue weighted by atomic mass is 10.1. The molecule has 0 spiro atoms. The van der Waals surface area contributed by atoms with Crippen LogP contribution in [0, 0.1) is 10.1 Å². The minimum atomic E-state index is -0.600. The lowest BCUT2D eigenvalue weighted by Crippen LogP contribution is -2.25. The first-order valence-electron chi connectivity index (χ1n) is 5.91. The zero-order valence-electron chi connectivity index (χ0n) is 10.5. The average Bonchev–Trinajstić information content (AvgIpc) is 2.92. The largest absolute Gasteiger partial charge is 0.393 e. The summed E-state index contributed by atoms with van der Waals surface area (Å²) in [5.41, 5.74) is 6.66. The minimum absolute atomic E-state index is 0.0461. The van der Waals surface area contributed by atoms with E-state index in [1.54, 1.807) is 11.3 Å². The van der Waals surface area contributed by atoms with Crippen molar-refractivity contribution in [3.05, 3.63) is 56.3 Å². The Hall–Kier alpha value is -2.41. The molecule has 20 heavy (non-hydrogen) atoms. The lowest BCUT2D eigenvalue weighted by Gasteiger charge is -2.05. The van der Waals surface area contributed by atoms with E-state index in [1.807, 2.05) is 16.8 Å². The maximum atomic E-state index is 11.9. The molecule has 0 unspecified atom stereocenters. The molecule has 1 heterocycles. The Morgan fingerprint density at radius 3 is 2.85 bits per heavy atom. The summed E-state index contributed by atoms with van der Waals surface area (Å²) in [5, 5.41) is 17.5. The first-order valence-corrected chi connectivity index (χ1v) is 6.85. The molecular weight excluding hydrogens is 278 g/mol. The van der Waals surface area contributed by atoms with Gasteiger partial charge in [0.05, 0.1) is 4.92 Å². The Labute approximate surface area is 119 Å². The second-order valence-corrected chi connectivity index (χ2v) is 4.95. The fraction of sp³-hybridized carbons (Fsp3) is 0.154. The van der Waals surface area contributed by atoms with Gasteiger partial charge in [-0.1, -0.05) is 0 Å². The number of carbonyl (C=O) groups is 1. The Kier molecular flexibility index (Phi) is 4.31. The Balaban J connectivity index is 1.98. The van der Waals surface area contributed by atoms with Crippen LogP contribution >= 0.6 is 11.3 Å². The summed E-state index contributed by atoms with van der Waals surface area (Å²) in [5.74, 6) is -0.344. The molecule has 0 aliphatic carbocycles. The highest BCUT2D eigenvalue weighted by Crippen LogP contribution is 2.22. The van der Waals surface area contributed by atoms with E-state index in [0.717, 1.165) is 12.0 Å². The van der Waals surface area contributed by atoms with Crippen LogP contribution in [0.4, 0.5) is 11.4 Å². The molecule has 6 nitrogen and oxygen atoms in total. The Morgan fingerprint density at radius 1 is 1.40 bits per heavy atom. The third-order valence-electron chi connectivity index (χ3n) is 2.77. The summed E-state index contributed by atoms with van der Waals surface area (Å²) in [6.07, 6.45) is 0.728. The van der Waals surface area contributed by atoms with Crippen LogP contribution in [0.5, 0.6) is 0 Å². The van der Waals surface area contributed by atoms with Crippen LogP contribution in [0.2, 0.25) is 0 Å². The number of nitro benzene ring substituents is 1. The van der Waals surface area contributed by atoms with Gasteiger partial charge in [0.25, 0.3) is 11.6 Å². The van der Waals surface area contributed by atoms with Crippen LogP contribution in [-0.2, 0) is 6.42 Å². The molecule has 2 rings (SSSR count). The van der Waals surface area contributed by atoms with Gasteiger partial charge in [-0.15, -0.1) is 0 Å². The number of nitro groups is 1. The monoisotopic (exact) mass is 291 g/mol. The molecule has 0 saturated carbocycles. The second kappa shape index (κ2) is 6.16. The first-order chi connectivity index (χ1) is 9.58. The summed E-state index contributed by atoms with van der Waals surface area (Å²) in [7, 11) is 0. The molecule has 1 aromatic heterocycles. The molecule has 0 aliphatic rings. The molecule has 0 saturated heterocycles. The van der Waals surface area contributed by atoms with Crippen molar-refractivity contribution in [2.75, 3.05) is 12.3 Å². The molecule has 2 aromatic rings. The predicted octanol–water partition coefficient (Wildman–Crippen LogP) is 2.21. The number of benzene rings is 1. The molecule has 1 amide bonds. The number of carbonyl (C=O) groups excluding carboxylic acids is 1. The van der Waals surface area contributed by atoms with Crippen molar-refractivity contribution in [3.63, 3.8) is 0 Å². The van der Waals surface area contributed by atoms with Crippen LogP contribution < -0.4 is 11.1 Å². The Morgan fingerprint density at radius 2 is 2.20 bits per heavy atom. The fourth-order valence-electron chi connectivity index (χ4n) is 1.70. The molecule has 0 fully saturated rings. The van der Waals surface area contributed by atoms with Crippen molar-refractivity contribution in [1.29, 1.82) is 0 Å². The average molecular weight is 291 g/mol. The zero-order chi connectivity index (χ0) is 14.5. The van der Waals surface area contributed by atoms with Crippen molar-refractivity contribution in [2.24, 2.45) is 0 Å². The number of anilines is 1. The highest BCUT2D eigenvalue weighted by molar-refractivity contribution is 7.07. The highest BCUT2D eigenvalue weighted by Gasteiger charge is 2.15. The van der Waals surface area contributed by atoms with Crippen LogP contribution in [0.1, 0.15) is 15.9 Å². The molecule has 104 valence electrons. The summed E-state index contributed by atoms with van der Waals surface area (Å²) < 4.78 is 0. The molecule has 0 bridgehead atoms. The third kappa shape index (κ3) is 3.33. The van der Waals surface area contributed by atoms with Crippen LogP contribution in [0.15, 0.2) is 35.0 Å². The minimum Gasteiger partial charge on any atom is -0.393 e. The summed E-state index contributed by atoms with van der Waals surface area (Å²) in [4.78, 5) is 22.0. The standard InChI is InChI=1S/C13H13N3O3S/c14-11-2-1-10(7-12(11)16(18)19)13(17)15-5-3-9-4-6-20-8-9/h1-2,4,6-8H,3,5,14H2,(H,15,17). The number of nitrogens with zero attached hydrogens (tertiary/aromatic N) is 1. The number of amides is 1. The van der Waals surface area contributed by atoms with Gasteiger partial charge < -0.3 is 11.1 Å². The van der Waals surface area contributed by atoms with E-state index in [4.69, 9.17) is 5.73 Å². The van der Waals surface area contributed by atoms with Gasteiger partial charge in [-0.2, -0.15) is 11.3 Å². The number of nitrogens with one attached hydrogen (secondary N) is 1. The van der Waals surface area contributed by atoms with E-state index in [0.29, 0.717) is 6.54 Å². The van der Waals surface area contributed by atoms with Gasteiger partial charge in [-0.05, 0) is 40.9 Å². The maximum Gasteiger partial charge on any atom is 0.292 e. The van der Waals surface area contributed by atoms with Crippen molar-refractivity contribution >= 4 is 28.6 Å². The van der Waals surface area contributed by atoms with Crippen LogP contribution in [0.3, 0.4) is 0 Å². The third-order valence-corrected chi connectivity index (χ3v) is 3.50. The summed E-state index contributed by atoms with van der Waals surface area (Å²) >= 11 is 1.60. The first kappa shape index (κ1) is 14.0. The SMILES string of the molecule is Nc1ccc(C(=O)NCCc2ccsc2)cc1[N+](=O)[O-]. The van der Waals surface area contributed by atoms with E-state index >= 15 is 0 Å². The molecule has 0 atom stereocenters. The Bertz CT molecular complexity index is 626. The van der Waals surface area contributed by atoms with Gasteiger partial charge in [-0.25, -0.2) is 0 Å². The van der Waals surface area contributed by atoms with Gasteiger partial charge in [0.2, 0.25) is 0 Å². The number of nitrogens with two attached hydrogens (primary N) is 1. The normalized spacial score (nSPS) is 10.2. The van der Waals surface area contributed by atoms with Gasteiger partial charge in [0.1, 0.15) is 5.69 Å². The van der Waals surface area contributed by atoms with E-state index in [-0.39, 0.29) is 22.8 Å². The quantitative estimate of drug-likeness (QED) is 0.501. The van der Waals surface area contributed by atoms with E-state index in [1.165, 1.54) is 18.2 Å². The summed E-state index contributed by atoms with van der Waals surface area (Å²) in [6.45, 7) is 0.480. The van der Waals surface area contributed by atoms with Crippen molar-refractivity contribution < 1.29 is 9.72 Å². The highest BCUT2D eigenvalue weighted by atomic mass is 32.1. The van der Waals surface area contributed by atoms with Gasteiger partial charge in [0.15, 0.2) is 0 Å². The number of rotatable bonds is 5. The van der Waals surface area contributed by atoms with E-state index < -0.39 is 4.92 Å². The zero-order valence-corrected chi connectivity index (χ0v) is 11.4. The van der Waals surface area contributed by atoms with Crippen molar-refractivity contribution in [1.82, 2.24) is 5.32 Å². The lowest BCUT2D eigenvalue weighted by molar-refractivity contribution is -0.383. The van der Waals surface area contributed by atoms with Gasteiger partial charge >= 0.3 is 0 Å². The summed E-state index contributed by atoms with van der Waals surface area (Å²) in [6, 6.07) is 6.02. The number of hydrogen-bond donors (Lipinski definition) is 2. The molecule has 1 aromatic carbocycles. The molecule has 7 heteroatoms. The molecular formula is C13H13N3O3S. The molecule has 0 radical (unpaired) electrons. The van der Waals surface area contributed by atoms with Gasteiger partial charge in [0, 0.05) is 18.2 Å². The predicted molar refractivity (Wildman–Crippen MR) is 77.9 cm³/mol. The molecule has 3 N–H and O–H groups in total. The van der Waals surface area contributed by atoms with E-state index in [2.05, 4.69) is 5.32 Å². The molecule has 0 aliphatic heterocycles. The van der Waals surface area contributed by atoms with E-state index in [9.17, 15) is 14.9 Å².